The topological polar surface area (TPSA) is 80.1 Å². The van der Waals surface area contributed by atoms with Gasteiger partial charge in [0.15, 0.2) is 5.69 Å². The van der Waals surface area contributed by atoms with Crippen molar-refractivity contribution in [2.24, 2.45) is 0 Å². The number of para-hydroxylation sites is 1. The van der Waals surface area contributed by atoms with Gasteiger partial charge in [-0.05, 0) is 39.2 Å². The maximum atomic E-state index is 5.84. The van der Waals surface area contributed by atoms with Crippen LogP contribution >= 0.6 is 0 Å². The molecule has 7 nitrogen and oxygen atoms in total. The number of aromatic amines is 1. The van der Waals surface area contributed by atoms with Crippen molar-refractivity contribution in [3.05, 3.63) is 36.0 Å². The van der Waals surface area contributed by atoms with E-state index in [-0.39, 0.29) is 0 Å². The fourth-order valence-corrected chi connectivity index (χ4v) is 2.08. The van der Waals surface area contributed by atoms with Gasteiger partial charge in [-0.1, -0.05) is 17.3 Å². The number of ether oxygens (including phenoxy) is 1. The summed E-state index contributed by atoms with van der Waals surface area (Å²) in [6, 6.07) is 9.52. The smallest absolute Gasteiger partial charge is 0.278 e. The largest absolute Gasteiger partial charge is 0.491 e. The van der Waals surface area contributed by atoms with Crippen LogP contribution < -0.4 is 4.74 Å². The minimum absolute atomic E-state index is 0.382. The Hall–Kier alpha value is -2.67. The molecule has 0 bridgehead atoms. The summed E-state index contributed by atoms with van der Waals surface area (Å²) in [4.78, 5) is 6.48. The molecule has 3 rings (SSSR count). The van der Waals surface area contributed by atoms with E-state index in [0.717, 1.165) is 23.6 Å². The minimum atomic E-state index is 0.382. The summed E-state index contributed by atoms with van der Waals surface area (Å²) < 4.78 is 11.1. The molecule has 0 saturated carbocycles. The number of H-pyrrole nitrogens is 1. The molecule has 0 saturated heterocycles. The van der Waals surface area contributed by atoms with Gasteiger partial charge in [-0.25, -0.2) is 0 Å². The van der Waals surface area contributed by atoms with E-state index in [1.807, 2.05) is 51.4 Å². The summed E-state index contributed by atoms with van der Waals surface area (Å²) in [5.74, 6) is 1.61. The van der Waals surface area contributed by atoms with E-state index < -0.39 is 0 Å². The van der Waals surface area contributed by atoms with Gasteiger partial charge in [0.2, 0.25) is 5.82 Å². The van der Waals surface area contributed by atoms with E-state index in [2.05, 4.69) is 25.2 Å². The van der Waals surface area contributed by atoms with Crippen molar-refractivity contribution in [1.82, 2.24) is 25.2 Å². The van der Waals surface area contributed by atoms with E-state index in [0.29, 0.717) is 24.0 Å². The summed E-state index contributed by atoms with van der Waals surface area (Å²) in [5.41, 5.74) is 2.37. The zero-order valence-electron chi connectivity index (χ0n) is 13.4. The zero-order chi connectivity index (χ0) is 16.2. The molecular formula is C16H19N5O2. The first-order valence-electron chi connectivity index (χ1n) is 7.36. The van der Waals surface area contributed by atoms with Crippen LogP contribution in [-0.4, -0.2) is 52.5 Å². The average molecular weight is 313 g/mol. The molecule has 0 fully saturated rings. The molecule has 2 heterocycles. The molecule has 1 aromatic carbocycles. The van der Waals surface area contributed by atoms with Crippen molar-refractivity contribution in [1.29, 1.82) is 0 Å². The standard InChI is InChI=1S/C16H19N5O2/c1-11-10-13(19-18-11)16-17-15(20-23-16)12-6-4-5-7-14(12)22-9-8-21(2)3/h4-7,10H,8-9H2,1-3H3,(H,18,19). The van der Waals surface area contributed by atoms with Gasteiger partial charge >= 0.3 is 0 Å². The van der Waals surface area contributed by atoms with Gasteiger partial charge in [-0.2, -0.15) is 10.1 Å². The van der Waals surface area contributed by atoms with Crippen molar-refractivity contribution in [3.8, 4) is 28.7 Å². The first-order chi connectivity index (χ1) is 11.1. The number of benzene rings is 1. The normalized spacial score (nSPS) is 11.1. The third kappa shape index (κ3) is 3.57. The van der Waals surface area contributed by atoms with Gasteiger partial charge in [0.25, 0.3) is 5.89 Å². The third-order valence-electron chi connectivity index (χ3n) is 3.28. The van der Waals surface area contributed by atoms with Crippen LogP contribution in [0.3, 0.4) is 0 Å². The Balaban J connectivity index is 1.83. The Morgan fingerprint density at radius 1 is 1.26 bits per heavy atom. The fraction of sp³-hybridized carbons (Fsp3) is 0.312. The van der Waals surface area contributed by atoms with Crippen LogP contribution in [0.2, 0.25) is 0 Å². The van der Waals surface area contributed by atoms with Gasteiger partial charge < -0.3 is 14.2 Å². The average Bonchev–Trinajstić information content (AvgIpc) is 3.16. The molecule has 0 aliphatic rings. The number of hydrogen-bond acceptors (Lipinski definition) is 6. The van der Waals surface area contributed by atoms with E-state index in [9.17, 15) is 0 Å². The quantitative estimate of drug-likeness (QED) is 0.752. The van der Waals surface area contributed by atoms with Crippen LogP contribution in [0.4, 0.5) is 0 Å². The maximum Gasteiger partial charge on any atom is 0.278 e. The van der Waals surface area contributed by atoms with E-state index in [1.54, 1.807) is 0 Å². The van der Waals surface area contributed by atoms with E-state index in [1.165, 1.54) is 0 Å². The van der Waals surface area contributed by atoms with Gasteiger partial charge in [0, 0.05) is 12.2 Å². The van der Waals surface area contributed by atoms with Crippen molar-refractivity contribution >= 4 is 0 Å². The number of nitrogens with one attached hydrogen (secondary N) is 1. The fourth-order valence-electron chi connectivity index (χ4n) is 2.08. The summed E-state index contributed by atoms with van der Waals surface area (Å²) in [7, 11) is 4.01. The zero-order valence-corrected chi connectivity index (χ0v) is 13.4. The van der Waals surface area contributed by atoms with Gasteiger partial charge in [-0.3, -0.25) is 5.10 Å². The number of likely N-dealkylation sites (N-methyl/N-ethyl adjacent to an activating group) is 1. The van der Waals surface area contributed by atoms with E-state index in [4.69, 9.17) is 9.26 Å². The van der Waals surface area contributed by atoms with Crippen LogP contribution in [-0.2, 0) is 0 Å². The number of hydrogen-bond donors (Lipinski definition) is 1. The highest BCUT2D eigenvalue weighted by atomic mass is 16.5. The molecule has 2 aromatic heterocycles. The highest BCUT2D eigenvalue weighted by Crippen LogP contribution is 2.29. The number of rotatable bonds is 6. The summed E-state index contributed by atoms with van der Waals surface area (Å²) in [5, 5.41) is 11.0. The third-order valence-corrected chi connectivity index (χ3v) is 3.28. The molecule has 0 radical (unpaired) electrons. The molecule has 0 spiro atoms. The molecule has 120 valence electrons. The van der Waals surface area contributed by atoms with E-state index >= 15 is 0 Å². The SMILES string of the molecule is Cc1cc(-c2nc(-c3ccccc3OCCN(C)C)no2)n[nH]1. The van der Waals surface area contributed by atoms with Gasteiger partial charge in [0.1, 0.15) is 12.4 Å². The highest BCUT2D eigenvalue weighted by Gasteiger charge is 2.16. The molecule has 3 aromatic rings. The molecule has 0 atom stereocenters. The number of nitrogens with zero attached hydrogens (tertiary/aromatic N) is 4. The minimum Gasteiger partial charge on any atom is -0.491 e. The summed E-state index contributed by atoms with van der Waals surface area (Å²) in [6.45, 7) is 3.34. The predicted octanol–water partition coefficient (Wildman–Crippen LogP) is 2.38. The van der Waals surface area contributed by atoms with Gasteiger partial charge in [0.05, 0.1) is 5.56 Å². The van der Waals surface area contributed by atoms with Crippen molar-refractivity contribution in [2.45, 2.75) is 6.92 Å². The van der Waals surface area contributed by atoms with Crippen LogP contribution in [0.15, 0.2) is 34.9 Å². The lowest BCUT2D eigenvalue weighted by Crippen LogP contribution is -2.19. The highest BCUT2D eigenvalue weighted by molar-refractivity contribution is 5.65. The van der Waals surface area contributed by atoms with Crippen LogP contribution in [0.1, 0.15) is 5.69 Å². The number of aryl methyl sites for hydroxylation is 1. The first-order valence-corrected chi connectivity index (χ1v) is 7.36. The number of aromatic nitrogens is 4. The van der Waals surface area contributed by atoms with Crippen LogP contribution in [0.5, 0.6) is 5.75 Å². The van der Waals surface area contributed by atoms with Crippen molar-refractivity contribution in [3.63, 3.8) is 0 Å². The van der Waals surface area contributed by atoms with Gasteiger partial charge in [-0.15, -0.1) is 0 Å². The molecule has 0 unspecified atom stereocenters. The Bertz CT molecular complexity index is 778. The second-order valence-corrected chi connectivity index (χ2v) is 5.51. The lowest BCUT2D eigenvalue weighted by atomic mass is 10.2. The Kier molecular flexibility index (Phi) is 4.38. The molecule has 0 aliphatic heterocycles. The molecule has 1 N–H and O–H groups in total. The molecule has 0 aliphatic carbocycles. The Morgan fingerprint density at radius 2 is 2.09 bits per heavy atom. The van der Waals surface area contributed by atoms with Crippen molar-refractivity contribution in [2.75, 3.05) is 27.2 Å². The molecule has 0 amide bonds. The monoisotopic (exact) mass is 313 g/mol. The second-order valence-electron chi connectivity index (χ2n) is 5.51. The predicted molar refractivity (Wildman–Crippen MR) is 86.1 cm³/mol. The van der Waals surface area contributed by atoms with Crippen LogP contribution in [0.25, 0.3) is 23.0 Å². The second kappa shape index (κ2) is 6.62. The van der Waals surface area contributed by atoms with Crippen molar-refractivity contribution < 1.29 is 9.26 Å². The Labute approximate surface area is 134 Å². The maximum absolute atomic E-state index is 5.84. The summed E-state index contributed by atoms with van der Waals surface area (Å²) in [6.07, 6.45) is 0. The molecule has 23 heavy (non-hydrogen) atoms. The lowest BCUT2D eigenvalue weighted by Gasteiger charge is -2.12. The molecule has 7 heteroatoms. The molecular weight excluding hydrogens is 294 g/mol. The Morgan fingerprint density at radius 3 is 2.83 bits per heavy atom. The summed E-state index contributed by atoms with van der Waals surface area (Å²) >= 11 is 0. The lowest BCUT2D eigenvalue weighted by molar-refractivity contribution is 0.262. The van der Waals surface area contributed by atoms with Crippen LogP contribution in [0, 0.1) is 6.92 Å². The first kappa shape index (κ1) is 15.2.